The number of hydrogen-bond donors (Lipinski definition) is 2. The molecule has 3 N–H and O–H groups in total. The zero-order chi connectivity index (χ0) is 14.0. The minimum Gasteiger partial charge on any atom is -0.271 e. The lowest BCUT2D eigenvalue weighted by Gasteiger charge is -2.16. The summed E-state index contributed by atoms with van der Waals surface area (Å²) in [5.41, 5.74) is 4.89. The second-order valence-electron chi connectivity index (χ2n) is 4.34. The van der Waals surface area contributed by atoms with Crippen molar-refractivity contribution in [2.75, 3.05) is 0 Å². The van der Waals surface area contributed by atoms with Gasteiger partial charge in [-0.05, 0) is 31.5 Å². The molecular formula is C13H15BrClN3S. The zero-order valence-corrected chi connectivity index (χ0v) is 13.9. The SMILES string of the molecule is Cc1nc(CC(NN)c2ccc(Br)cc2Cl)sc1C. The Hall–Kier alpha value is -0.460. The predicted octanol–water partition coefficient (Wildman–Crippen LogP) is 3.92. The summed E-state index contributed by atoms with van der Waals surface area (Å²) in [4.78, 5) is 5.78. The summed E-state index contributed by atoms with van der Waals surface area (Å²) in [5, 5.41) is 1.76. The normalized spacial score (nSPS) is 12.7. The third-order valence-corrected chi connectivity index (χ3v) is 4.91. The topological polar surface area (TPSA) is 50.9 Å². The third kappa shape index (κ3) is 3.55. The van der Waals surface area contributed by atoms with Gasteiger partial charge in [-0.25, -0.2) is 4.98 Å². The molecule has 19 heavy (non-hydrogen) atoms. The smallest absolute Gasteiger partial charge is 0.0950 e. The van der Waals surface area contributed by atoms with Gasteiger partial charge in [0.05, 0.1) is 16.7 Å². The van der Waals surface area contributed by atoms with Crippen LogP contribution in [-0.4, -0.2) is 4.98 Å². The van der Waals surface area contributed by atoms with Crippen molar-refractivity contribution in [2.45, 2.75) is 26.3 Å². The van der Waals surface area contributed by atoms with Crippen molar-refractivity contribution in [1.82, 2.24) is 10.4 Å². The quantitative estimate of drug-likeness (QED) is 0.642. The number of benzene rings is 1. The monoisotopic (exact) mass is 359 g/mol. The second kappa shape index (κ2) is 6.33. The zero-order valence-electron chi connectivity index (χ0n) is 10.7. The molecule has 6 heteroatoms. The van der Waals surface area contributed by atoms with Crippen LogP contribution in [0, 0.1) is 13.8 Å². The summed E-state index contributed by atoms with van der Waals surface area (Å²) in [5.74, 6) is 5.66. The minimum atomic E-state index is -0.0365. The first-order valence-corrected chi connectivity index (χ1v) is 7.84. The van der Waals surface area contributed by atoms with Gasteiger partial charge in [0.25, 0.3) is 0 Å². The number of nitrogens with two attached hydrogens (primary N) is 1. The summed E-state index contributed by atoms with van der Waals surface area (Å²) in [6.07, 6.45) is 0.733. The second-order valence-corrected chi connectivity index (χ2v) is 6.95. The fourth-order valence-electron chi connectivity index (χ4n) is 1.84. The van der Waals surface area contributed by atoms with Crippen LogP contribution in [0.4, 0.5) is 0 Å². The average Bonchev–Trinajstić information content (AvgIpc) is 2.66. The maximum atomic E-state index is 6.26. The van der Waals surface area contributed by atoms with E-state index in [1.807, 2.05) is 25.1 Å². The Morgan fingerprint density at radius 3 is 2.74 bits per heavy atom. The Labute approximate surface area is 130 Å². The van der Waals surface area contributed by atoms with Crippen LogP contribution in [-0.2, 0) is 6.42 Å². The van der Waals surface area contributed by atoms with Gasteiger partial charge in [-0.2, -0.15) is 0 Å². The van der Waals surface area contributed by atoms with E-state index in [4.69, 9.17) is 17.4 Å². The molecule has 0 amide bonds. The molecule has 3 nitrogen and oxygen atoms in total. The Morgan fingerprint density at radius 2 is 2.21 bits per heavy atom. The van der Waals surface area contributed by atoms with Crippen LogP contribution in [0.5, 0.6) is 0 Å². The highest BCUT2D eigenvalue weighted by molar-refractivity contribution is 9.10. The van der Waals surface area contributed by atoms with Crippen molar-refractivity contribution in [3.63, 3.8) is 0 Å². The highest BCUT2D eigenvalue weighted by Gasteiger charge is 2.16. The number of hydrazine groups is 1. The molecule has 1 atom stereocenters. The standard InChI is InChI=1S/C13H15BrClN3S/c1-7-8(2)19-13(17-7)6-12(18-16)10-4-3-9(14)5-11(10)15/h3-5,12,18H,6,16H2,1-2H3. The number of thiazole rings is 1. The summed E-state index contributed by atoms with van der Waals surface area (Å²) in [6, 6.07) is 5.78. The van der Waals surface area contributed by atoms with Crippen molar-refractivity contribution in [3.8, 4) is 0 Å². The van der Waals surface area contributed by atoms with Crippen LogP contribution < -0.4 is 11.3 Å². The molecule has 0 saturated heterocycles. The fraction of sp³-hybridized carbons (Fsp3) is 0.308. The van der Waals surface area contributed by atoms with Gasteiger partial charge in [0.2, 0.25) is 0 Å². The third-order valence-electron chi connectivity index (χ3n) is 2.99. The number of rotatable bonds is 4. The van der Waals surface area contributed by atoms with Gasteiger partial charge in [-0.3, -0.25) is 11.3 Å². The molecule has 2 aromatic rings. The number of halogens is 2. The van der Waals surface area contributed by atoms with E-state index >= 15 is 0 Å². The van der Waals surface area contributed by atoms with Gasteiger partial charge in [0.15, 0.2) is 0 Å². The number of nitrogens with one attached hydrogen (secondary N) is 1. The van der Waals surface area contributed by atoms with Crippen LogP contribution in [0.25, 0.3) is 0 Å². The van der Waals surface area contributed by atoms with E-state index in [0.717, 1.165) is 27.2 Å². The summed E-state index contributed by atoms with van der Waals surface area (Å²) in [7, 11) is 0. The molecule has 0 fully saturated rings. The van der Waals surface area contributed by atoms with Crippen molar-refractivity contribution in [1.29, 1.82) is 0 Å². The molecule has 1 aromatic carbocycles. The van der Waals surface area contributed by atoms with Gasteiger partial charge in [-0.1, -0.05) is 33.6 Å². The average molecular weight is 361 g/mol. The number of aromatic nitrogens is 1. The lowest BCUT2D eigenvalue weighted by atomic mass is 10.0. The lowest BCUT2D eigenvalue weighted by Crippen LogP contribution is -2.29. The molecule has 0 spiro atoms. The van der Waals surface area contributed by atoms with Crippen molar-refractivity contribution in [3.05, 3.63) is 48.8 Å². The van der Waals surface area contributed by atoms with Gasteiger partial charge in [0, 0.05) is 20.8 Å². The molecular weight excluding hydrogens is 346 g/mol. The van der Waals surface area contributed by atoms with Crippen LogP contribution in [0.1, 0.15) is 27.2 Å². The highest BCUT2D eigenvalue weighted by atomic mass is 79.9. The van der Waals surface area contributed by atoms with Crippen LogP contribution >= 0.6 is 38.9 Å². The molecule has 0 bridgehead atoms. The molecule has 1 aromatic heterocycles. The van der Waals surface area contributed by atoms with Gasteiger partial charge < -0.3 is 0 Å². The Bertz CT molecular complexity index is 566. The minimum absolute atomic E-state index is 0.0365. The molecule has 0 aliphatic heterocycles. The summed E-state index contributed by atoms with van der Waals surface area (Å²) >= 11 is 11.4. The van der Waals surface area contributed by atoms with Crippen LogP contribution in [0.15, 0.2) is 22.7 Å². The van der Waals surface area contributed by atoms with E-state index in [9.17, 15) is 0 Å². The van der Waals surface area contributed by atoms with E-state index < -0.39 is 0 Å². The number of aryl methyl sites for hydroxylation is 2. The first-order valence-electron chi connectivity index (χ1n) is 5.85. The van der Waals surface area contributed by atoms with Crippen LogP contribution in [0.3, 0.4) is 0 Å². The molecule has 2 rings (SSSR count). The molecule has 1 heterocycles. The van der Waals surface area contributed by atoms with Crippen LogP contribution in [0.2, 0.25) is 5.02 Å². The van der Waals surface area contributed by atoms with Gasteiger partial charge >= 0.3 is 0 Å². The Balaban J connectivity index is 2.24. The maximum absolute atomic E-state index is 6.26. The Morgan fingerprint density at radius 1 is 1.47 bits per heavy atom. The van der Waals surface area contributed by atoms with Gasteiger partial charge in [0.1, 0.15) is 0 Å². The highest BCUT2D eigenvalue weighted by Crippen LogP contribution is 2.29. The summed E-state index contributed by atoms with van der Waals surface area (Å²) in [6.45, 7) is 4.10. The summed E-state index contributed by atoms with van der Waals surface area (Å²) < 4.78 is 0.956. The molecule has 0 aliphatic carbocycles. The van der Waals surface area contributed by atoms with Crippen molar-refractivity contribution >= 4 is 38.9 Å². The first-order chi connectivity index (χ1) is 9.01. The Kier molecular flexibility index (Phi) is 4.97. The van der Waals surface area contributed by atoms with E-state index in [2.05, 4.69) is 33.3 Å². The van der Waals surface area contributed by atoms with Crippen molar-refractivity contribution < 1.29 is 0 Å². The number of hydrogen-bond acceptors (Lipinski definition) is 4. The van der Waals surface area contributed by atoms with Gasteiger partial charge in [-0.15, -0.1) is 11.3 Å². The maximum Gasteiger partial charge on any atom is 0.0950 e. The largest absolute Gasteiger partial charge is 0.271 e. The fourth-order valence-corrected chi connectivity index (χ4v) is 3.63. The van der Waals surface area contributed by atoms with E-state index in [1.54, 1.807) is 11.3 Å². The molecule has 0 saturated carbocycles. The lowest BCUT2D eigenvalue weighted by molar-refractivity contribution is 0.550. The number of nitrogens with zero attached hydrogens (tertiary/aromatic N) is 1. The molecule has 0 aliphatic rings. The predicted molar refractivity (Wildman–Crippen MR) is 84.5 cm³/mol. The molecule has 0 radical (unpaired) electrons. The first kappa shape index (κ1) is 14.9. The molecule has 102 valence electrons. The van der Waals surface area contributed by atoms with E-state index in [-0.39, 0.29) is 6.04 Å². The molecule has 1 unspecified atom stereocenters. The van der Waals surface area contributed by atoms with Crippen molar-refractivity contribution in [2.24, 2.45) is 5.84 Å². The van der Waals surface area contributed by atoms with E-state index in [0.29, 0.717) is 5.02 Å². The van der Waals surface area contributed by atoms with E-state index in [1.165, 1.54) is 4.88 Å².